The zero-order valence-electron chi connectivity index (χ0n) is 13.5. The van der Waals surface area contributed by atoms with Crippen molar-refractivity contribution < 1.29 is 17.6 Å². The van der Waals surface area contributed by atoms with Crippen molar-refractivity contribution in [1.29, 1.82) is 0 Å². The highest BCUT2D eigenvalue weighted by Crippen LogP contribution is 2.47. The molecule has 0 radical (unpaired) electrons. The van der Waals surface area contributed by atoms with Crippen LogP contribution in [0.1, 0.15) is 18.3 Å². The van der Waals surface area contributed by atoms with E-state index in [4.69, 9.17) is 0 Å². The maximum absolute atomic E-state index is 14.5. The summed E-state index contributed by atoms with van der Waals surface area (Å²) in [6.07, 6.45) is 2.11. The molecule has 2 aromatic carbocycles. The molecule has 130 valence electrons. The summed E-state index contributed by atoms with van der Waals surface area (Å²) in [5.74, 6) is -4.46. The third-order valence-electron chi connectivity index (χ3n) is 4.07. The van der Waals surface area contributed by atoms with Gasteiger partial charge in [-0.3, -0.25) is 4.57 Å². The van der Waals surface area contributed by atoms with Gasteiger partial charge >= 0.3 is 12.0 Å². The zero-order valence-corrected chi connectivity index (χ0v) is 13.5. The van der Waals surface area contributed by atoms with E-state index in [1.54, 1.807) is 6.92 Å². The Labute approximate surface area is 142 Å². The molecule has 0 bridgehead atoms. The van der Waals surface area contributed by atoms with Gasteiger partial charge in [-0.1, -0.05) is 61.5 Å². The van der Waals surface area contributed by atoms with Gasteiger partial charge in [-0.05, 0) is 11.1 Å². The van der Waals surface area contributed by atoms with Crippen LogP contribution >= 0.6 is 0 Å². The molecule has 25 heavy (non-hydrogen) atoms. The van der Waals surface area contributed by atoms with Crippen molar-refractivity contribution in [2.24, 2.45) is 0 Å². The Bertz CT molecular complexity index is 839. The van der Waals surface area contributed by atoms with E-state index in [-0.39, 0.29) is 16.8 Å². The maximum Gasteiger partial charge on any atom is 0.397 e. The Morgan fingerprint density at radius 1 is 0.880 bits per heavy atom. The molecule has 3 aromatic rings. The van der Waals surface area contributed by atoms with Crippen LogP contribution in [0.25, 0.3) is 11.1 Å². The fourth-order valence-corrected chi connectivity index (χ4v) is 2.68. The largest absolute Gasteiger partial charge is 0.397 e. The van der Waals surface area contributed by atoms with E-state index in [9.17, 15) is 17.6 Å². The van der Waals surface area contributed by atoms with E-state index in [0.717, 1.165) is 30.1 Å². The first-order valence-electron chi connectivity index (χ1n) is 7.82. The van der Waals surface area contributed by atoms with Crippen molar-refractivity contribution in [3.05, 3.63) is 78.4 Å². The summed E-state index contributed by atoms with van der Waals surface area (Å²) in [6, 6.07) is 9.62. The van der Waals surface area contributed by atoms with Gasteiger partial charge in [0.05, 0.1) is 0 Å². The van der Waals surface area contributed by atoms with Crippen molar-refractivity contribution in [3.8, 4) is 11.1 Å². The summed E-state index contributed by atoms with van der Waals surface area (Å²) >= 11 is 0. The zero-order chi connectivity index (χ0) is 18.1. The lowest BCUT2D eigenvalue weighted by Gasteiger charge is -2.28. The molecule has 0 amide bonds. The van der Waals surface area contributed by atoms with Crippen LogP contribution in [0.5, 0.6) is 0 Å². The number of benzene rings is 2. The van der Waals surface area contributed by atoms with Gasteiger partial charge in [0.25, 0.3) is 0 Å². The lowest BCUT2D eigenvalue weighted by atomic mass is 10.0. The smallest absolute Gasteiger partial charge is 0.269 e. The summed E-state index contributed by atoms with van der Waals surface area (Å²) in [4.78, 5) is 3.71. The molecule has 0 aliphatic heterocycles. The van der Waals surface area contributed by atoms with Crippen molar-refractivity contribution >= 4 is 0 Å². The molecular formula is C19H16F4N2. The Hall–Kier alpha value is -2.63. The number of hydrogen-bond donors (Lipinski definition) is 0. The number of imidazole rings is 1. The molecule has 1 aromatic heterocycles. The van der Waals surface area contributed by atoms with Crippen LogP contribution in [-0.2, 0) is 18.4 Å². The minimum absolute atomic E-state index is 0.0921. The summed E-state index contributed by atoms with van der Waals surface area (Å²) in [5, 5.41) is 0. The Morgan fingerprint density at radius 3 is 2.08 bits per heavy atom. The number of halogens is 4. The fraction of sp³-hybridized carbons (Fsp3) is 0.211. The van der Waals surface area contributed by atoms with E-state index >= 15 is 0 Å². The van der Waals surface area contributed by atoms with Gasteiger partial charge in [-0.25, -0.2) is 4.98 Å². The van der Waals surface area contributed by atoms with Gasteiger partial charge < -0.3 is 0 Å². The van der Waals surface area contributed by atoms with E-state index in [2.05, 4.69) is 4.98 Å². The molecule has 6 heteroatoms. The average Bonchev–Trinajstić information content (AvgIpc) is 3.12. The third kappa shape index (κ3) is 2.92. The molecule has 1 heterocycles. The second-order valence-corrected chi connectivity index (χ2v) is 5.63. The van der Waals surface area contributed by atoms with Crippen LogP contribution in [0.15, 0.2) is 67.0 Å². The topological polar surface area (TPSA) is 17.8 Å². The Balaban J connectivity index is 1.97. The lowest BCUT2D eigenvalue weighted by Crippen LogP contribution is -2.41. The fourth-order valence-electron chi connectivity index (χ4n) is 2.68. The number of aromatic nitrogens is 2. The van der Waals surface area contributed by atoms with Gasteiger partial charge in [0.2, 0.25) is 0 Å². The normalized spacial score (nSPS) is 12.4. The van der Waals surface area contributed by atoms with Crippen molar-refractivity contribution in [2.75, 3.05) is 0 Å². The van der Waals surface area contributed by atoms with Gasteiger partial charge in [0, 0.05) is 24.4 Å². The average molecular weight is 348 g/mol. The second kappa shape index (κ2) is 6.35. The molecule has 0 fully saturated rings. The third-order valence-corrected chi connectivity index (χ3v) is 4.07. The monoisotopic (exact) mass is 348 g/mol. The molecular weight excluding hydrogens is 332 g/mol. The summed E-state index contributed by atoms with van der Waals surface area (Å²) in [6.45, 7) is 1.59. The van der Waals surface area contributed by atoms with Crippen LogP contribution in [0.2, 0.25) is 0 Å². The van der Waals surface area contributed by atoms with Crippen molar-refractivity contribution in [1.82, 2.24) is 9.55 Å². The first kappa shape index (κ1) is 17.2. The number of alkyl halides is 4. The second-order valence-electron chi connectivity index (χ2n) is 5.63. The molecule has 0 N–H and O–H groups in total. The van der Waals surface area contributed by atoms with Crippen molar-refractivity contribution in [2.45, 2.75) is 25.3 Å². The van der Waals surface area contributed by atoms with E-state index in [1.165, 1.54) is 12.1 Å². The molecule has 0 saturated carbocycles. The Kier molecular flexibility index (Phi) is 4.37. The molecule has 0 aliphatic carbocycles. The number of rotatable bonds is 5. The quantitative estimate of drug-likeness (QED) is 0.560. The van der Waals surface area contributed by atoms with E-state index in [0.29, 0.717) is 5.56 Å². The Morgan fingerprint density at radius 2 is 1.48 bits per heavy atom. The van der Waals surface area contributed by atoms with Crippen LogP contribution in [0, 0.1) is 0 Å². The highest BCUT2D eigenvalue weighted by atomic mass is 19.3. The summed E-state index contributed by atoms with van der Waals surface area (Å²) in [5.41, 5.74) is 0.764. The number of hydrogen-bond acceptors (Lipinski definition) is 1. The minimum Gasteiger partial charge on any atom is -0.269 e. The maximum atomic E-state index is 14.5. The van der Waals surface area contributed by atoms with E-state index < -0.39 is 17.5 Å². The van der Waals surface area contributed by atoms with Crippen LogP contribution in [0.4, 0.5) is 17.6 Å². The predicted octanol–water partition coefficient (Wildman–Crippen LogP) is 5.45. The molecule has 3 rings (SSSR count). The van der Waals surface area contributed by atoms with Gasteiger partial charge in [0.1, 0.15) is 5.82 Å². The SMILES string of the molecule is CCc1nccn1C(F)(F)C(F)(F)c1ccc(-c2ccccc2)cc1. The molecule has 0 spiro atoms. The predicted molar refractivity (Wildman–Crippen MR) is 87.6 cm³/mol. The van der Waals surface area contributed by atoms with Gasteiger partial charge in [0.15, 0.2) is 0 Å². The van der Waals surface area contributed by atoms with Gasteiger partial charge in [-0.15, -0.1) is 0 Å². The molecule has 0 aliphatic rings. The molecule has 2 nitrogen and oxygen atoms in total. The molecule has 0 saturated heterocycles. The lowest BCUT2D eigenvalue weighted by molar-refractivity contribution is -0.268. The standard InChI is InChI=1S/C19H16F4N2/c1-2-17-24-12-13-25(17)19(22,23)18(20,21)16-10-8-15(9-11-16)14-6-4-3-5-7-14/h3-13H,2H2,1H3. The van der Waals surface area contributed by atoms with Crippen LogP contribution in [0.3, 0.4) is 0 Å². The van der Waals surface area contributed by atoms with E-state index in [1.807, 2.05) is 30.3 Å². The highest BCUT2D eigenvalue weighted by molar-refractivity contribution is 5.63. The summed E-state index contributed by atoms with van der Waals surface area (Å²) in [7, 11) is 0. The van der Waals surface area contributed by atoms with Gasteiger partial charge in [-0.2, -0.15) is 17.6 Å². The minimum atomic E-state index is -4.41. The van der Waals surface area contributed by atoms with Crippen molar-refractivity contribution in [3.63, 3.8) is 0 Å². The first-order valence-corrected chi connectivity index (χ1v) is 7.82. The first-order chi connectivity index (χ1) is 11.9. The molecule has 0 atom stereocenters. The highest BCUT2D eigenvalue weighted by Gasteiger charge is 2.59. The van der Waals surface area contributed by atoms with Crippen LogP contribution in [-0.4, -0.2) is 9.55 Å². The number of aryl methyl sites for hydroxylation is 1. The summed E-state index contributed by atoms with van der Waals surface area (Å²) < 4.78 is 58.3. The molecule has 0 unspecified atom stereocenters. The van der Waals surface area contributed by atoms with Crippen LogP contribution < -0.4 is 0 Å². The number of nitrogens with zero attached hydrogens (tertiary/aromatic N) is 2.